The van der Waals surface area contributed by atoms with Gasteiger partial charge in [0, 0.05) is 12.6 Å². The molecule has 20 heavy (non-hydrogen) atoms. The second-order valence-corrected chi connectivity index (χ2v) is 4.48. The van der Waals surface area contributed by atoms with E-state index < -0.39 is 0 Å². The molecule has 0 spiro atoms. The fourth-order valence-corrected chi connectivity index (χ4v) is 2.37. The SMILES string of the molecule is CCn1c(-c2c(O)cccc2O)nc2cc(F)ccc21. The lowest BCUT2D eigenvalue weighted by Crippen LogP contribution is -1.98. The van der Waals surface area contributed by atoms with Crippen molar-refractivity contribution in [2.45, 2.75) is 13.5 Å². The lowest BCUT2D eigenvalue weighted by molar-refractivity contribution is 0.453. The Hall–Kier alpha value is -2.56. The molecule has 2 aromatic carbocycles. The number of aryl methyl sites for hydroxylation is 1. The number of imidazole rings is 1. The molecule has 1 aromatic heterocycles. The third kappa shape index (κ3) is 1.79. The van der Waals surface area contributed by atoms with E-state index in [1.165, 1.54) is 24.3 Å². The van der Waals surface area contributed by atoms with E-state index in [1.54, 1.807) is 12.1 Å². The zero-order valence-electron chi connectivity index (χ0n) is 10.8. The molecular formula is C15H13FN2O2. The van der Waals surface area contributed by atoms with E-state index in [4.69, 9.17) is 0 Å². The Labute approximate surface area is 114 Å². The molecule has 0 amide bonds. The van der Waals surface area contributed by atoms with E-state index in [-0.39, 0.29) is 22.9 Å². The molecule has 3 rings (SSSR count). The number of rotatable bonds is 2. The number of hydrogen-bond acceptors (Lipinski definition) is 3. The summed E-state index contributed by atoms with van der Waals surface area (Å²) in [5.41, 5.74) is 1.50. The number of phenolic OH excluding ortho intramolecular Hbond substituents is 2. The Morgan fingerprint density at radius 1 is 1.15 bits per heavy atom. The van der Waals surface area contributed by atoms with Crippen LogP contribution in [0.1, 0.15) is 6.92 Å². The van der Waals surface area contributed by atoms with Crippen molar-refractivity contribution in [3.63, 3.8) is 0 Å². The molecule has 5 heteroatoms. The van der Waals surface area contributed by atoms with Crippen LogP contribution in [0.4, 0.5) is 4.39 Å². The van der Waals surface area contributed by atoms with Crippen molar-refractivity contribution in [2.24, 2.45) is 0 Å². The van der Waals surface area contributed by atoms with E-state index in [1.807, 2.05) is 11.5 Å². The fourth-order valence-electron chi connectivity index (χ4n) is 2.37. The predicted molar refractivity (Wildman–Crippen MR) is 74.1 cm³/mol. The average molecular weight is 272 g/mol. The van der Waals surface area contributed by atoms with Gasteiger partial charge in [0.1, 0.15) is 28.7 Å². The van der Waals surface area contributed by atoms with Crippen LogP contribution in [0.25, 0.3) is 22.4 Å². The highest BCUT2D eigenvalue weighted by Gasteiger charge is 2.18. The second kappa shape index (κ2) is 4.52. The standard InChI is InChI=1S/C15H13FN2O2/c1-2-18-11-7-6-9(16)8-10(11)17-15(18)14-12(19)4-3-5-13(14)20/h3-8,19-20H,2H2,1H3. The summed E-state index contributed by atoms with van der Waals surface area (Å²) in [5, 5.41) is 19.9. The van der Waals surface area contributed by atoms with Gasteiger partial charge in [-0.3, -0.25) is 0 Å². The zero-order chi connectivity index (χ0) is 14.3. The van der Waals surface area contributed by atoms with Gasteiger partial charge in [-0.05, 0) is 31.2 Å². The number of benzene rings is 2. The molecule has 0 unspecified atom stereocenters. The highest BCUT2D eigenvalue weighted by atomic mass is 19.1. The van der Waals surface area contributed by atoms with Crippen LogP contribution in [-0.4, -0.2) is 19.8 Å². The first-order valence-corrected chi connectivity index (χ1v) is 6.29. The summed E-state index contributed by atoms with van der Waals surface area (Å²) >= 11 is 0. The highest BCUT2D eigenvalue weighted by molar-refractivity contribution is 5.83. The number of aromatic hydroxyl groups is 2. The van der Waals surface area contributed by atoms with Gasteiger partial charge in [0.15, 0.2) is 0 Å². The molecular weight excluding hydrogens is 259 g/mol. The van der Waals surface area contributed by atoms with Crippen LogP contribution in [-0.2, 0) is 6.54 Å². The van der Waals surface area contributed by atoms with E-state index in [0.29, 0.717) is 17.9 Å². The Kier molecular flexibility index (Phi) is 2.82. The lowest BCUT2D eigenvalue weighted by atomic mass is 10.1. The van der Waals surface area contributed by atoms with Crippen molar-refractivity contribution >= 4 is 11.0 Å². The molecule has 4 nitrogen and oxygen atoms in total. The molecule has 2 N–H and O–H groups in total. The molecule has 0 saturated carbocycles. The molecule has 0 saturated heterocycles. The Balaban J connectivity index is 2.36. The van der Waals surface area contributed by atoms with Crippen molar-refractivity contribution in [1.82, 2.24) is 9.55 Å². The van der Waals surface area contributed by atoms with Gasteiger partial charge in [-0.25, -0.2) is 9.37 Å². The molecule has 1 heterocycles. The van der Waals surface area contributed by atoms with Crippen LogP contribution in [0.15, 0.2) is 36.4 Å². The first-order valence-electron chi connectivity index (χ1n) is 6.29. The summed E-state index contributed by atoms with van der Waals surface area (Å²) in [6.45, 7) is 2.51. The van der Waals surface area contributed by atoms with Crippen molar-refractivity contribution in [1.29, 1.82) is 0 Å². The molecule has 0 atom stereocenters. The van der Waals surface area contributed by atoms with Gasteiger partial charge in [-0.15, -0.1) is 0 Å². The van der Waals surface area contributed by atoms with Crippen LogP contribution >= 0.6 is 0 Å². The largest absolute Gasteiger partial charge is 0.507 e. The molecule has 3 aromatic rings. The summed E-state index contributed by atoms with van der Waals surface area (Å²) in [6.07, 6.45) is 0. The predicted octanol–water partition coefficient (Wildman–Crippen LogP) is 3.27. The summed E-state index contributed by atoms with van der Waals surface area (Å²) < 4.78 is 15.1. The van der Waals surface area contributed by atoms with Crippen LogP contribution in [0, 0.1) is 5.82 Å². The number of aromatic nitrogens is 2. The lowest BCUT2D eigenvalue weighted by Gasteiger charge is -2.09. The molecule has 0 aliphatic carbocycles. The van der Waals surface area contributed by atoms with Gasteiger partial charge in [0.25, 0.3) is 0 Å². The Morgan fingerprint density at radius 2 is 1.85 bits per heavy atom. The molecule has 0 bridgehead atoms. The minimum Gasteiger partial charge on any atom is -0.507 e. The summed E-state index contributed by atoms with van der Waals surface area (Å²) in [5.74, 6) is -0.0686. The zero-order valence-corrected chi connectivity index (χ0v) is 10.8. The van der Waals surface area contributed by atoms with Gasteiger partial charge >= 0.3 is 0 Å². The third-order valence-electron chi connectivity index (χ3n) is 3.27. The van der Waals surface area contributed by atoms with Crippen LogP contribution < -0.4 is 0 Å². The van der Waals surface area contributed by atoms with E-state index in [2.05, 4.69) is 4.98 Å². The van der Waals surface area contributed by atoms with Crippen LogP contribution in [0.2, 0.25) is 0 Å². The Morgan fingerprint density at radius 3 is 2.50 bits per heavy atom. The van der Waals surface area contributed by atoms with E-state index in [9.17, 15) is 14.6 Å². The maximum absolute atomic E-state index is 13.3. The van der Waals surface area contributed by atoms with Crippen LogP contribution in [0.5, 0.6) is 11.5 Å². The van der Waals surface area contributed by atoms with Crippen molar-refractivity contribution in [2.75, 3.05) is 0 Å². The Bertz CT molecular complexity index is 776. The highest BCUT2D eigenvalue weighted by Crippen LogP contribution is 2.37. The van der Waals surface area contributed by atoms with Crippen molar-refractivity contribution in [3.8, 4) is 22.9 Å². The number of phenols is 2. The van der Waals surface area contributed by atoms with Crippen molar-refractivity contribution in [3.05, 3.63) is 42.2 Å². The first kappa shape index (κ1) is 12.5. The summed E-state index contributed by atoms with van der Waals surface area (Å²) in [7, 11) is 0. The molecule has 102 valence electrons. The summed E-state index contributed by atoms with van der Waals surface area (Å²) in [4.78, 5) is 4.34. The monoisotopic (exact) mass is 272 g/mol. The normalized spacial score (nSPS) is 11.1. The molecule has 0 aliphatic rings. The van der Waals surface area contributed by atoms with E-state index in [0.717, 1.165) is 5.52 Å². The molecule has 0 fully saturated rings. The van der Waals surface area contributed by atoms with Gasteiger partial charge in [-0.1, -0.05) is 6.07 Å². The van der Waals surface area contributed by atoms with Crippen molar-refractivity contribution < 1.29 is 14.6 Å². The smallest absolute Gasteiger partial charge is 0.148 e. The fraction of sp³-hybridized carbons (Fsp3) is 0.133. The molecule has 0 radical (unpaired) electrons. The number of fused-ring (bicyclic) bond motifs is 1. The van der Waals surface area contributed by atoms with Crippen LogP contribution in [0.3, 0.4) is 0 Å². The van der Waals surface area contributed by atoms with E-state index >= 15 is 0 Å². The number of nitrogens with zero attached hydrogens (tertiary/aromatic N) is 2. The minimum atomic E-state index is -0.369. The molecule has 0 aliphatic heterocycles. The first-order chi connectivity index (χ1) is 9.61. The third-order valence-corrected chi connectivity index (χ3v) is 3.27. The van der Waals surface area contributed by atoms with Gasteiger partial charge in [-0.2, -0.15) is 0 Å². The maximum atomic E-state index is 13.3. The van der Waals surface area contributed by atoms with Gasteiger partial charge in [0.05, 0.1) is 11.0 Å². The average Bonchev–Trinajstić information content (AvgIpc) is 2.75. The topological polar surface area (TPSA) is 58.3 Å². The summed E-state index contributed by atoms with van der Waals surface area (Å²) in [6, 6.07) is 8.85. The van der Waals surface area contributed by atoms with Gasteiger partial charge in [0.2, 0.25) is 0 Å². The number of halogens is 1. The number of hydrogen-bond donors (Lipinski definition) is 2. The maximum Gasteiger partial charge on any atom is 0.148 e. The van der Waals surface area contributed by atoms with Gasteiger partial charge < -0.3 is 14.8 Å². The minimum absolute atomic E-state index is 0.0597. The quantitative estimate of drug-likeness (QED) is 0.752. The second-order valence-electron chi connectivity index (χ2n) is 4.48.